The number of hydrogen-bond donors (Lipinski definition) is 0. The maximum absolute atomic E-state index is 6.61. The minimum absolute atomic E-state index is 0.558. The third-order valence-electron chi connectivity index (χ3n) is 9.86. The van der Waals surface area contributed by atoms with Crippen LogP contribution in [-0.2, 0) is 5.41 Å². The van der Waals surface area contributed by atoms with Crippen molar-refractivity contribution in [2.75, 3.05) is 0 Å². The Morgan fingerprint density at radius 3 is 1.71 bits per heavy atom. The summed E-state index contributed by atoms with van der Waals surface area (Å²) in [6.45, 7) is 5.99. The molecule has 2 aliphatic rings. The molecule has 5 nitrogen and oxygen atoms in total. The van der Waals surface area contributed by atoms with Crippen molar-refractivity contribution in [3.8, 4) is 45.4 Å². The summed E-state index contributed by atoms with van der Waals surface area (Å²) < 4.78 is 6.61. The largest absolute Gasteiger partial charge is 0.457 e. The van der Waals surface area contributed by atoms with Gasteiger partial charge in [0.05, 0.1) is 11.1 Å². The molecule has 0 fully saturated rings. The number of aliphatic imine (C=N–C) groups is 1. The molecular formula is C46H32N4O. The molecule has 0 unspecified atom stereocenters. The first-order valence-corrected chi connectivity index (χ1v) is 17.0. The average Bonchev–Trinajstić information content (AvgIpc) is 3.49. The standard InChI is InChI=1S/C46H32N4O/c1-30(43-48-44(31-15-5-3-6-16-31)50-45(49-43)32-17-7-4-8-18-32)25-27-40(47-2)33-26-28-42-39(29-33)46(38-23-13-14-24-41(38)51-42)36-21-11-9-19-34(36)35-20-10-12-22-37(35)46/h3-29H,2H2,1H3/b30-25+,40-27-. The second-order valence-corrected chi connectivity index (χ2v) is 12.7. The minimum Gasteiger partial charge on any atom is -0.457 e. The third-order valence-corrected chi connectivity index (χ3v) is 9.86. The number of para-hydroxylation sites is 1. The van der Waals surface area contributed by atoms with E-state index < -0.39 is 5.41 Å². The molecule has 0 saturated carbocycles. The van der Waals surface area contributed by atoms with Crippen molar-refractivity contribution in [1.82, 2.24) is 15.0 Å². The van der Waals surface area contributed by atoms with Gasteiger partial charge in [-0.2, -0.15) is 0 Å². The molecule has 1 spiro atoms. The van der Waals surface area contributed by atoms with Crippen molar-refractivity contribution >= 4 is 18.0 Å². The van der Waals surface area contributed by atoms with E-state index in [1.54, 1.807) is 0 Å². The van der Waals surface area contributed by atoms with E-state index in [4.69, 9.17) is 19.7 Å². The number of aromatic nitrogens is 3. The van der Waals surface area contributed by atoms with Crippen LogP contribution in [0.4, 0.5) is 0 Å². The Balaban J connectivity index is 1.18. The highest BCUT2D eigenvalue weighted by Gasteiger charge is 2.51. The van der Waals surface area contributed by atoms with Crippen LogP contribution in [0.1, 0.15) is 40.6 Å². The van der Waals surface area contributed by atoms with E-state index in [1.807, 2.05) is 85.8 Å². The summed E-state index contributed by atoms with van der Waals surface area (Å²) in [6.07, 6.45) is 3.99. The van der Waals surface area contributed by atoms with Gasteiger partial charge in [0, 0.05) is 27.8 Å². The third kappa shape index (κ3) is 4.93. The van der Waals surface area contributed by atoms with Crippen LogP contribution in [0.5, 0.6) is 11.5 Å². The zero-order valence-electron chi connectivity index (χ0n) is 28.0. The summed E-state index contributed by atoms with van der Waals surface area (Å²) >= 11 is 0. The summed E-state index contributed by atoms with van der Waals surface area (Å²) in [5.74, 6) is 3.52. The molecule has 6 aromatic carbocycles. The van der Waals surface area contributed by atoms with Crippen LogP contribution in [-0.4, -0.2) is 21.7 Å². The Kier molecular flexibility index (Phi) is 7.32. The molecule has 0 saturated heterocycles. The Morgan fingerprint density at radius 1 is 0.569 bits per heavy atom. The normalized spacial score (nSPS) is 13.8. The van der Waals surface area contributed by atoms with E-state index >= 15 is 0 Å². The first-order valence-electron chi connectivity index (χ1n) is 17.0. The summed E-state index contributed by atoms with van der Waals surface area (Å²) in [5.41, 5.74) is 11.0. The SMILES string of the molecule is C=N/C(=C\C=C(/C)c1nc(-c2ccccc2)nc(-c2ccccc2)n1)c1ccc2c(c1)C1(c3ccccc3O2)c2ccccc2-c2ccccc21. The van der Waals surface area contributed by atoms with Gasteiger partial charge in [-0.15, -0.1) is 0 Å². The van der Waals surface area contributed by atoms with Crippen LogP contribution in [0.3, 0.4) is 0 Å². The Hall–Kier alpha value is -6.72. The van der Waals surface area contributed by atoms with Gasteiger partial charge in [-0.05, 0) is 71.8 Å². The van der Waals surface area contributed by atoms with Crippen LogP contribution >= 0.6 is 0 Å². The molecule has 0 bridgehead atoms. The van der Waals surface area contributed by atoms with E-state index in [-0.39, 0.29) is 0 Å². The molecule has 1 aliphatic heterocycles. The van der Waals surface area contributed by atoms with Crippen LogP contribution in [0.25, 0.3) is 45.2 Å². The number of ether oxygens (including phenoxy) is 1. The predicted molar refractivity (Wildman–Crippen MR) is 206 cm³/mol. The zero-order chi connectivity index (χ0) is 34.4. The summed E-state index contributed by atoms with van der Waals surface area (Å²) in [7, 11) is 0. The van der Waals surface area contributed by atoms with Gasteiger partial charge in [0.15, 0.2) is 17.5 Å². The second kappa shape index (κ2) is 12.3. The second-order valence-electron chi connectivity index (χ2n) is 12.7. The van der Waals surface area contributed by atoms with E-state index in [1.165, 1.54) is 22.3 Å². The Labute approximate surface area is 297 Å². The Bertz CT molecular complexity index is 2430. The fraction of sp³-hybridized carbons (Fsp3) is 0.0435. The molecule has 242 valence electrons. The fourth-order valence-corrected chi connectivity index (χ4v) is 7.52. The highest BCUT2D eigenvalue weighted by molar-refractivity contribution is 5.89. The number of fused-ring (bicyclic) bond motifs is 9. The van der Waals surface area contributed by atoms with Gasteiger partial charge >= 0.3 is 0 Å². The topological polar surface area (TPSA) is 60.3 Å². The maximum atomic E-state index is 6.61. The minimum atomic E-state index is -0.558. The summed E-state index contributed by atoms with van der Waals surface area (Å²) in [4.78, 5) is 19.1. The molecule has 51 heavy (non-hydrogen) atoms. The zero-order valence-corrected chi connectivity index (χ0v) is 28.0. The monoisotopic (exact) mass is 656 g/mol. The molecule has 0 atom stereocenters. The van der Waals surface area contributed by atoms with Gasteiger partial charge in [-0.3, -0.25) is 4.99 Å². The number of benzene rings is 6. The molecule has 1 aromatic heterocycles. The van der Waals surface area contributed by atoms with Gasteiger partial charge in [0.25, 0.3) is 0 Å². The highest BCUT2D eigenvalue weighted by atomic mass is 16.5. The number of nitrogens with zero attached hydrogens (tertiary/aromatic N) is 4. The van der Waals surface area contributed by atoms with Crippen LogP contribution in [0.15, 0.2) is 169 Å². The molecule has 0 radical (unpaired) electrons. The lowest BCUT2D eigenvalue weighted by Gasteiger charge is -2.39. The molecule has 1 aliphatic carbocycles. The lowest BCUT2D eigenvalue weighted by molar-refractivity contribution is 0.436. The van der Waals surface area contributed by atoms with Gasteiger partial charge in [0.1, 0.15) is 11.5 Å². The van der Waals surface area contributed by atoms with E-state index in [0.717, 1.165) is 50.6 Å². The number of hydrogen-bond acceptors (Lipinski definition) is 5. The predicted octanol–water partition coefficient (Wildman–Crippen LogP) is 10.8. The quantitative estimate of drug-likeness (QED) is 0.132. The van der Waals surface area contributed by atoms with Crippen LogP contribution < -0.4 is 4.74 Å². The van der Waals surface area contributed by atoms with Gasteiger partial charge in [-0.25, -0.2) is 15.0 Å². The molecule has 2 heterocycles. The van der Waals surface area contributed by atoms with Crippen molar-refractivity contribution in [3.63, 3.8) is 0 Å². The summed E-state index contributed by atoms with van der Waals surface area (Å²) in [6, 6.07) is 52.2. The molecule has 0 amide bonds. The fourth-order valence-electron chi connectivity index (χ4n) is 7.52. The first-order chi connectivity index (χ1) is 25.1. The lowest BCUT2D eigenvalue weighted by Crippen LogP contribution is -2.32. The van der Waals surface area contributed by atoms with Crippen LogP contribution in [0, 0.1) is 0 Å². The Morgan fingerprint density at radius 2 is 1.10 bits per heavy atom. The lowest BCUT2D eigenvalue weighted by atomic mass is 9.66. The van der Waals surface area contributed by atoms with Crippen molar-refractivity contribution in [1.29, 1.82) is 0 Å². The molecular weight excluding hydrogens is 625 g/mol. The van der Waals surface area contributed by atoms with Gasteiger partial charge in [-0.1, -0.05) is 133 Å². The number of allylic oxidation sites excluding steroid dienone is 3. The van der Waals surface area contributed by atoms with Crippen LogP contribution in [0.2, 0.25) is 0 Å². The molecule has 5 heteroatoms. The molecule has 0 N–H and O–H groups in total. The highest BCUT2D eigenvalue weighted by Crippen LogP contribution is 2.62. The van der Waals surface area contributed by atoms with E-state index in [2.05, 4.69) is 96.6 Å². The van der Waals surface area contributed by atoms with Gasteiger partial charge < -0.3 is 4.74 Å². The molecule has 9 rings (SSSR count). The van der Waals surface area contributed by atoms with Crippen molar-refractivity contribution in [2.24, 2.45) is 4.99 Å². The van der Waals surface area contributed by atoms with Crippen molar-refractivity contribution < 1.29 is 4.74 Å². The van der Waals surface area contributed by atoms with Gasteiger partial charge in [0.2, 0.25) is 0 Å². The first kappa shape index (κ1) is 30.3. The maximum Gasteiger partial charge on any atom is 0.164 e. The van der Waals surface area contributed by atoms with E-state index in [9.17, 15) is 0 Å². The summed E-state index contributed by atoms with van der Waals surface area (Å²) in [5, 5.41) is 0. The van der Waals surface area contributed by atoms with E-state index in [0.29, 0.717) is 17.5 Å². The number of rotatable bonds is 6. The average molecular weight is 657 g/mol. The molecule has 7 aromatic rings. The van der Waals surface area contributed by atoms with Crippen molar-refractivity contribution in [2.45, 2.75) is 12.3 Å². The van der Waals surface area contributed by atoms with Crippen molar-refractivity contribution in [3.05, 3.63) is 197 Å². The smallest absolute Gasteiger partial charge is 0.164 e.